The highest BCUT2D eigenvalue weighted by atomic mass is 14.9. The van der Waals surface area contributed by atoms with E-state index >= 15 is 0 Å². The predicted octanol–water partition coefficient (Wildman–Crippen LogP) is 3.74. The van der Waals surface area contributed by atoms with Crippen LogP contribution in [-0.2, 0) is 0 Å². The smallest absolute Gasteiger partial charge is 0.102 e. The molecule has 0 unspecified atom stereocenters. The van der Waals surface area contributed by atoms with E-state index < -0.39 is 0 Å². The molecule has 0 bridgehead atoms. The molecule has 0 atom stereocenters. The van der Waals surface area contributed by atoms with E-state index in [1.807, 2.05) is 43.3 Å². The summed E-state index contributed by atoms with van der Waals surface area (Å²) < 4.78 is 0. The van der Waals surface area contributed by atoms with E-state index in [4.69, 9.17) is 5.73 Å². The number of fused-ring (bicyclic) bond motifs is 1. The number of nitrogens with zero attached hydrogens (tertiary/aromatic N) is 2. The Balaban J connectivity index is 2.14. The van der Waals surface area contributed by atoms with Crippen molar-refractivity contribution in [2.24, 2.45) is 0 Å². The van der Waals surface area contributed by atoms with Gasteiger partial charge in [-0.15, -0.1) is 0 Å². The number of pyridine rings is 1. The minimum atomic E-state index is 0.645. The molecule has 1 heterocycles. The average molecular weight is 274 g/mol. The van der Waals surface area contributed by atoms with E-state index in [1.54, 1.807) is 12.4 Å². The Morgan fingerprint density at radius 3 is 2.76 bits per heavy atom. The molecule has 4 heteroatoms. The second-order valence-corrected chi connectivity index (χ2v) is 4.86. The number of hydrogen-bond donors (Lipinski definition) is 2. The fraction of sp³-hybridized carbons (Fsp3) is 0.0588. The van der Waals surface area contributed by atoms with Crippen LogP contribution in [0.4, 0.5) is 17.1 Å². The van der Waals surface area contributed by atoms with E-state index in [9.17, 15) is 5.26 Å². The number of aromatic nitrogens is 1. The highest BCUT2D eigenvalue weighted by Gasteiger charge is 2.08. The molecule has 0 aliphatic heterocycles. The summed E-state index contributed by atoms with van der Waals surface area (Å²) in [4.78, 5) is 4.16. The topological polar surface area (TPSA) is 74.7 Å². The number of rotatable bonds is 2. The van der Waals surface area contributed by atoms with Crippen molar-refractivity contribution in [3.8, 4) is 6.07 Å². The molecule has 1 aromatic heterocycles. The van der Waals surface area contributed by atoms with Crippen LogP contribution >= 0.6 is 0 Å². The van der Waals surface area contributed by atoms with E-state index in [0.717, 1.165) is 27.7 Å². The van der Waals surface area contributed by atoms with Gasteiger partial charge in [-0.1, -0.05) is 12.1 Å². The highest BCUT2D eigenvalue weighted by molar-refractivity contribution is 6.01. The third-order valence-electron chi connectivity index (χ3n) is 3.51. The maximum absolute atomic E-state index is 9.31. The molecule has 0 spiro atoms. The zero-order valence-electron chi connectivity index (χ0n) is 11.6. The van der Waals surface area contributed by atoms with Gasteiger partial charge in [0.25, 0.3) is 0 Å². The van der Waals surface area contributed by atoms with Crippen LogP contribution in [0.1, 0.15) is 11.1 Å². The molecule has 3 aromatic rings. The molecule has 3 rings (SSSR count). The first kappa shape index (κ1) is 12.9. The van der Waals surface area contributed by atoms with Gasteiger partial charge in [-0.25, -0.2) is 0 Å². The molecular weight excluding hydrogens is 260 g/mol. The van der Waals surface area contributed by atoms with Gasteiger partial charge in [0.05, 0.1) is 11.3 Å². The Morgan fingerprint density at radius 2 is 1.95 bits per heavy atom. The molecular formula is C17H14N4. The van der Waals surface area contributed by atoms with Gasteiger partial charge in [-0.3, -0.25) is 4.98 Å². The van der Waals surface area contributed by atoms with E-state index in [-0.39, 0.29) is 0 Å². The zero-order chi connectivity index (χ0) is 14.8. The fourth-order valence-electron chi connectivity index (χ4n) is 2.39. The summed E-state index contributed by atoms with van der Waals surface area (Å²) >= 11 is 0. The van der Waals surface area contributed by atoms with Gasteiger partial charge < -0.3 is 11.1 Å². The number of hydrogen-bond acceptors (Lipinski definition) is 4. The van der Waals surface area contributed by atoms with Crippen LogP contribution in [0.2, 0.25) is 0 Å². The number of anilines is 3. The number of nitrogen functional groups attached to an aromatic ring is 1. The summed E-state index contributed by atoms with van der Waals surface area (Å²) in [5.41, 5.74) is 9.96. The van der Waals surface area contributed by atoms with Crippen molar-refractivity contribution in [3.05, 3.63) is 59.9 Å². The molecule has 0 fully saturated rings. The first-order valence-corrected chi connectivity index (χ1v) is 6.59. The summed E-state index contributed by atoms with van der Waals surface area (Å²) in [5.74, 6) is 0. The van der Waals surface area contributed by atoms with Crippen molar-refractivity contribution in [2.75, 3.05) is 11.1 Å². The van der Waals surface area contributed by atoms with Crippen molar-refractivity contribution in [3.63, 3.8) is 0 Å². The van der Waals surface area contributed by atoms with Crippen LogP contribution in [0.3, 0.4) is 0 Å². The summed E-state index contributed by atoms with van der Waals surface area (Å²) in [5, 5.41) is 14.5. The summed E-state index contributed by atoms with van der Waals surface area (Å²) in [7, 11) is 0. The Hall–Kier alpha value is -3.06. The molecule has 4 nitrogen and oxygen atoms in total. The van der Waals surface area contributed by atoms with Crippen LogP contribution in [0.5, 0.6) is 0 Å². The molecule has 0 aliphatic rings. The molecule has 2 aromatic carbocycles. The van der Waals surface area contributed by atoms with Crippen LogP contribution in [0.25, 0.3) is 10.8 Å². The van der Waals surface area contributed by atoms with Gasteiger partial charge in [-0.05, 0) is 36.8 Å². The van der Waals surface area contributed by atoms with Crippen LogP contribution in [-0.4, -0.2) is 4.98 Å². The Kier molecular flexibility index (Phi) is 3.17. The van der Waals surface area contributed by atoms with E-state index in [2.05, 4.69) is 16.4 Å². The van der Waals surface area contributed by atoms with Crippen molar-refractivity contribution < 1.29 is 0 Å². The maximum atomic E-state index is 9.31. The molecule has 3 N–H and O–H groups in total. The molecule has 102 valence electrons. The molecule has 0 saturated carbocycles. The molecule has 0 aliphatic carbocycles. The van der Waals surface area contributed by atoms with Gasteiger partial charge >= 0.3 is 0 Å². The second kappa shape index (κ2) is 5.14. The Bertz CT molecular complexity index is 862. The van der Waals surface area contributed by atoms with Crippen LogP contribution < -0.4 is 11.1 Å². The largest absolute Gasteiger partial charge is 0.398 e. The lowest BCUT2D eigenvalue weighted by Gasteiger charge is -2.13. The molecule has 0 radical (unpaired) electrons. The monoisotopic (exact) mass is 274 g/mol. The van der Waals surface area contributed by atoms with E-state index in [1.165, 1.54) is 0 Å². The van der Waals surface area contributed by atoms with Gasteiger partial charge in [-0.2, -0.15) is 5.26 Å². The van der Waals surface area contributed by atoms with E-state index in [0.29, 0.717) is 11.3 Å². The van der Waals surface area contributed by atoms with Crippen molar-refractivity contribution >= 4 is 27.8 Å². The minimum absolute atomic E-state index is 0.645. The molecule has 0 saturated heterocycles. The van der Waals surface area contributed by atoms with Crippen molar-refractivity contribution in [2.45, 2.75) is 6.92 Å². The normalized spacial score (nSPS) is 10.3. The minimum Gasteiger partial charge on any atom is -0.398 e. The number of nitrogens with one attached hydrogen (secondary N) is 1. The number of aryl methyl sites for hydroxylation is 1. The number of nitriles is 1. The lowest BCUT2D eigenvalue weighted by Crippen LogP contribution is -1.98. The first-order valence-electron chi connectivity index (χ1n) is 6.59. The summed E-state index contributed by atoms with van der Waals surface area (Å²) in [6.07, 6.45) is 3.49. The van der Waals surface area contributed by atoms with Crippen molar-refractivity contribution in [1.29, 1.82) is 5.26 Å². The lowest BCUT2D eigenvalue weighted by atomic mass is 10.1. The fourth-order valence-corrected chi connectivity index (χ4v) is 2.39. The average Bonchev–Trinajstić information content (AvgIpc) is 2.51. The van der Waals surface area contributed by atoms with Crippen LogP contribution in [0, 0.1) is 18.3 Å². The van der Waals surface area contributed by atoms with Crippen molar-refractivity contribution in [1.82, 2.24) is 4.98 Å². The standard InChI is InChI=1S/C17H14N4/c1-11-3-2-4-16(13(11)9-18)21-17-6-5-15(19)12-7-8-20-10-14(12)17/h2-8,10,21H,19H2,1H3. The third-order valence-corrected chi connectivity index (χ3v) is 3.51. The lowest BCUT2D eigenvalue weighted by molar-refractivity contribution is 1.36. The molecule has 0 amide bonds. The van der Waals surface area contributed by atoms with Gasteiger partial charge in [0, 0.05) is 34.5 Å². The first-order chi connectivity index (χ1) is 10.2. The van der Waals surface area contributed by atoms with Gasteiger partial charge in [0.2, 0.25) is 0 Å². The predicted molar refractivity (Wildman–Crippen MR) is 85.3 cm³/mol. The van der Waals surface area contributed by atoms with Crippen LogP contribution in [0.15, 0.2) is 48.8 Å². The third kappa shape index (κ3) is 2.26. The van der Waals surface area contributed by atoms with Gasteiger partial charge in [0.15, 0.2) is 0 Å². The number of benzene rings is 2. The van der Waals surface area contributed by atoms with Gasteiger partial charge in [0.1, 0.15) is 6.07 Å². The Labute approximate surface area is 122 Å². The quantitative estimate of drug-likeness (QED) is 0.698. The summed E-state index contributed by atoms with van der Waals surface area (Å²) in [6.45, 7) is 1.92. The SMILES string of the molecule is Cc1cccc(Nc2ccc(N)c3ccncc23)c1C#N. The molecule has 21 heavy (non-hydrogen) atoms. The summed E-state index contributed by atoms with van der Waals surface area (Å²) in [6, 6.07) is 13.6. The number of nitrogens with two attached hydrogens (primary N) is 1. The second-order valence-electron chi connectivity index (χ2n) is 4.86. The zero-order valence-corrected chi connectivity index (χ0v) is 11.6. The highest BCUT2D eigenvalue weighted by Crippen LogP contribution is 2.31. The Morgan fingerprint density at radius 1 is 1.10 bits per heavy atom. The maximum Gasteiger partial charge on any atom is 0.102 e.